The average molecular weight is 570 g/mol. The molecule has 0 radical (unpaired) electrons. The van der Waals surface area contributed by atoms with Gasteiger partial charge in [0, 0.05) is 47.1 Å². The number of amides is 2. The fourth-order valence-electron chi connectivity index (χ4n) is 3.56. The van der Waals surface area contributed by atoms with E-state index in [1.165, 1.54) is 30.6 Å². The van der Waals surface area contributed by atoms with Gasteiger partial charge in [-0.15, -0.1) is 0 Å². The maximum atomic E-state index is 13.4. The highest BCUT2D eigenvalue weighted by Crippen LogP contribution is 2.25. The molecule has 0 aliphatic carbocycles. The summed E-state index contributed by atoms with van der Waals surface area (Å²) in [6.45, 7) is 0. The first kappa shape index (κ1) is 28.2. The van der Waals surface area contributed by atoms with Gasteiger partial charge >= 0.3 is 6.04 Å². The smallest absolute Gasteiger partial charge is 0.304 e. The van der Waals surface area contributed by atoms with Crippen molar-refractivity contribution in [3.05, 3.63) is 114 Å². The molecule has 0 fully saturated rings. The number of carbonyl (C=O) groups excluding carboxylic acids is 2. The van der Waals surface area contributed by atoms with Gasteiger partial charge in [0.2, 0.25) is 5.71 Å². The summed E-state index contributed by atoms with van der Waals surface area (Å²) in [5.41, 5.74) is -0.651. The van der Waals surface area contributed by atoms with Crippen LogP contribution >= 0.6 is 0 Å². The molecule has 0 saturated carbocycles. The van der Waals surface area contributed by atoms with Gasteiger partial charge in [0.25, 0.3) is 23.2 Å². The zero-order valence-electron chi connectivity index (χ0n) is 20.8. The summed E-state index contributed by atoms with van der Waals surface area (Å²) in [5.74, 6) is -2.14. The van der Waals surface area contributed by atoms with Crippen molar-refractivity contribution in [2.75, 3.05) is 5.32 Å². The van der Waals surface area contributed by atoms with Crippen LogP contribution in [0.25, 0.3) is 11.0 Å². The Hall–Kier alpha value is -6.77. The van der Waals surface area contributed by atoms with Crippen molar-refractivity contribution in [2.24, 2.45) is 5.10 Å². The Balaban J connectivity index is 1.80. The Morgan fingerprint density at radius 2 is 1.60 bits per heavy atom. The second-order valence-electron chi connectivity index (χ2n) is 8.14. The van der Waals surface area contributed by atoms with Gasteiger partial charge in [-0.1, -0.05) is 0 Å². The van der Waals surface area contributed by atoms with Crippen LogP contribution in [-0.2, 0) is 4.79 Å². The van der Waals surface area contributed by atoms with Crippen molar-refractivity contribution in [2.45, 2.75) is 6.04 Å². The number of pyridine rings is 1. The summed E-state index contributed by atoms with van der Waals surface area (Å²) in [6, 6.07) is 8.50. The van der Waals surface area contributed by atoms with Crippen LogP contribution in [0, 0.1) is 41.7 Å². The number of aromatic nitrogens is 3. The van der Waals surface area contributed by atoms with Crippen molar-refractivity contribution < 1.29 is 24.4 Å². The number of hydrogen-bond acceptors (Lipinski definition) is 13. The molecular weight excluding hydrogens is 556 g/mol. The molecule has 42 heavy (non-hydrogen) atoms. The van der Waals surface area contributed by atoms with E-state index < -0.39 is 49.7 Å². The number of hydrazone groups is 1. The fourth-order valence-corrected chi connectivity index (χ4v) is 3.56. The number of carbonyl (C=O) groups is 2. The highest BCUT2D eigenvalue weighted by Gasteiger charge is 2.37. The van der Waals surface area contributed by atoms with E-state index in [1.54, 1.807) is 6.07 Å². The lowest BCUT2D eigenvalue weighted by Gasteiger charge is -2.13. The van der Waals surface area contributed by atoms with Crippen molar-refractivity contribution in [3.63, 3.8) is 0 Å². The van der Waals surface area contributed by atoms with E-state index in [4.69, 9.17) is 0 Å². The maximum absolute atomic E-state index is 13.4. The number of nitro groups is 3. The van der Waals surface area contributed by atoms with Crippen LogP contribution in [0.5, 0.6) is 0 Å². The van der Waals surface area contributed by atoms with Gasteiger partial charge in [-0.2, -0.15) is 10.4 Å². The molecule has 2 amide bonds. The standard InChI is InChI=1S/C24H14N10O8/c25-11-14-9-15(32(37)38)1-3-17(14)29-24(36)21(30-31-23(35)13-5-7-26-8-6-13)22(34(41)42)20-12-27-18-4-2-16(33(39)40)10-19(18)28-20/h1-10,12,22H,(H,29,36)(H,31,35)/b30-21+/t22-/m0/s1. The highest BCUT2D eigenvalue weighted by molar-refractivity contribution is 6.44. The molecule has 208 valence electrons. The van der Waals surface area contributed by atoms with Crippen LogP contribution in [0.2, 0.25) is 0 Å². The van der Waals surface area contributed by atoms with Crippen LogP contribution in [-0.4, -0.2) is 47.2 Å². The molecule has 0 saturated heterocycles. The molecule has 0 unspecified atom stereocenters. The zero-order valence-corrected chi connectivity index (χ0v) is 20.8. The second kappa shape index (κ2) is 12.0. The largest absolute Gasteiger partial charge is 0.319 e. The molecule has 18 heteroatoms. The van der Waals surface area contributed by atoms with Gasteiger partial charge in [0.15, 0.2) is 0 Å². The zero-order chi connectivity index (χ0) is 30.4. The quantitative estimate of drug-likeness (QED) is 0.167. The number of rotatable bonds is 9. The third kappa shape index (κ3) is 6.10. The van der Waals surface area contributed by atoms with Gasteiger partial charge in [-0.3, -0.25) is 49.9 Å². The molecular formula is C24H14N10O8. The van der Waals surface area contributed by atoms with E-state index in [2.05, 4.69) is 25.4 Å². The maximum Gasteiger partial charge on any atom is 0.304 e. The summed E-state index contributed by atoms with van der Waals surface area (Å²) in [4.78, 5) is 70.0. The lowest BCUT2D eigenvalue weighted by molar-refractivity contribution is -0.509. The molecule has 4 aromatic rings. The van der Waals surface area contributed by atoms with Crippen LogP contribution < -0.4 is 10.7 Å². The molecule has 18 nitrogen and oxygen atoms in total. The van der Waals surface area contributed by atoms with Gasteiger partial charge in [0.1, 0.15) is 11.8 Å². The summed E-state index contributed by atoms with van der Waals surface area (Å²) < 4.78 is 0. The number of hydrogen-bond donors (Lipinski definition) is 2. The third-order valence-corrected chi connectivity index (χ3v) is 5.54. The van der Waals surface area contributed by atoms with E-state index in [9.17, 15) is 45.2 Å². The van der Waals surface area contributed by atoms with Crippen molar-refractivity contribution in [1.29, 1.82) is 5.26 Å². The highest BCUT2D eigenvalue weighted by atomic mass is 16.6. The van der Waals surface area contributed by atoms with E-state index in [0.29, 0.717) is 0 Å². The van der Waals surface area contributed by atoms with Crippen LogP contribution in [0.4, 0.5) is 17.1 Å². The van der Waals surface area contributed by atoms with Crippen LogP contribution in [0.3, 0.4) is 0 Å². The van der Waals surface area contributed by atoms with Gasteiger partial charge < -0.3 is 5.32 Å². The SMILES string of the molecule is N#Cc1cc([N+](=O)[O-])ccc1NC(=O)/C(=N/NC(=O)c1ccncc1)[C@H](c1cnc2ccc([N+](=O)[O-])cc2n1)[N+](=O)[O-]. The van der Waals surface area contributed by atoms with E-state index in [0.717, 1.165) is 36.5 Å². The first-order valence-electron chi connectivity index (χ1n) is 11.4. The molecule has 0 spiro atoms. The lowest BCUT2D eigenvalue weighted by atomic mass is 10.1. The van der Waals surface area contributed by atoms with E-state index in [1.807, 2.05) is 5.43 Å². The number of nitrogens with one attached hydrogen (secondary N) is 2. The predicted octanol–water partition coefficient (Wildman–Crippen LogP) is 2.46. The van der Waals surface area contributed by atoms with Crippen LogP contribution in [0.1, 0.15) is 27.7 Å². The molecule has 2 N–H and O–H groups in total. The van der Waals surface area contributed by atoms with Crippen molar-refractivity contribution in [3.8, 4) is 6.07 Å². The average Bonchev–Trinajstić information content (AvgIpc) is 2.98. The molecule has 0 aliphatic rings. The summed E-state index contributed by atoms with van der Waals surface area (Å²) in [7, 11) is 0. The molecule has 2 aromatic heterocycles. The molecule has 2 heterocycles. The number of nitriles is 1. The number of benzene rings is 2. The van der Waals surface area contributed by atoms with Crippen molar-refractivity contribution in [1.82, 2.24) is 20.4 Å². The van der Waals surface area contributed by atoms with E-state index in [-0.39, 0.29) is 33.5 Å². The molecule has 2 aromatic carbocycles. The monoisotopic (exact) mass is 570 g/mol. The van der Waals surface area contributed by atoms with Crippen molar-refractivity contribution >= 4 is 45.6 Å². The number of nitrogens with zero attached hydrogens (tertiary/aromatic N) is 8. The normalized spacial score (nSPS) is 11.6. The Kier molecular flexibility index (Phi) is 8.04. The topological polar surface area (TPSA) is 262 Å². The Morgan fingerprint density at radius 1 is 0.929 bits per heavy atom. The molecule has 0 aliphatic heterocycles. The minimum atomic E-state index is -2.18. The van der Waals surface area contributed by atoms with Gasteiger partial charge in [0.05, 0.1) is 38.3 Å². The Morgan fingerprint density at radius 3 is 2.24 bits per heavy atom. The van der Waals surface area contributed by atoms with E-state index >= 15 is 0 Å². The van der Waals surface area contributed by atoms with Gasteiger partial charge in [-0.05, 0) is 24.3 Å². The number of anilines is 1. The minimum Gasteiger partial charge on any atom is -0.319 e. The number of fused-ring (bicyclic) bond motifs is 1. The minimum absolute atomic E-state index is 0.0473. The Labute approximate surface area is 232 Å². The lowest BCUT2D eigenvalue weighted by Crippen LogP contribution is -2.36. The summed E-state index contributed by atoms with van der Waals surface area (Å²) in [5, 5.41) is 49.9. The summed E-state index contributed by atoms with van der Waals surface area (Å²) >= 11 is 0. The summed E-state index contributed by atoms with van der Waals surface area (Å²) in [6.07, 6.45) is 3.56. The van der Waals surface area contributed by atoms with Gasteiger partial charge in [-0.25, -0.2) is 10.4 Å². The second-order valence-corrected chi connectivity index (χ2v) is 8.14. The molecule has 4 rings (SSSR count). The molecule has 1 atom stereocenters. The fraction of sp³-hybridized carbons (Fsp3) is 0.0417. The number of nitro benzene ring substituents is 2. The first-order chi connectivity index (χ1) is 20.1. The molecule has 0 bridgehead atoms. The Bertz CT molecular complexity index is 1840. The first-order valence-corrected chi connectivity index (χ1v) is 11.4. The third-order valence-electron chi connectivity index (χ3n) is 5.54. The number of non-ortho nitro benzene ring substituents is 2. The predicted molar refractivity (Wildman–Crippen MR) is 142 cm³/mol. The van der Waals surface area contributed by atoms with Crippen LogP contribution in [0.15, 0.2) is 72.2 Å².